The Morgan fingerprint density at radius 2 is 1.97 bits per heavy atom. The first kappa shape index (κ1) is 23.0. The third-order valence-electron chi connectivity index (χ3n) is 4.82. The molecule has 0 saturated carbocycles. The Balaban J connectivity index is 1.40. The van der Waals surface area contributed by atoms with Crippen molar-refractivity contribution in [2.24, 2.45) is 10.2 Å². The Labute approximate surface area is 186 Å². The van der Waals surface area contributed by atoms with Crippen LogP contribution in [0, 0.1) is 0 Å². The molecule has 1 aromatic rings. The molecule has 2 heterocycles. The second kappa shape index (κ2) is 11.6. The number of thioether (sulfide) groups is 1. The van der Waals surface area contributed by atoms with E-state index in [4.69, 9.17) is 4.74 Å². The second-order valence-corrected chi connectivity index (χ2v) is 8.18. The molecule has 31 heavy (non-hydrogen) atoms. The van der Waals surface area contributed by atoms with E-state index in [0.29, 0.717) is 11.8 Å². The number of methoxy groups -OCH3 is 1. The number of benzene rings is 1. The molecule has 0 aromatic heterocycles. The molecule has 0 radical (unpaired) electrons. The smallest absolute Gasteiger partial charge is 0.331 e. The molecule has 0 spiro atoms. The first-order chi connectivity index (χ1) is 15.0. The highest BCUT2D eigenvalue weighted by Crippen LogP contribution is 2.23. The van der Waals surface area contributed by atoms with E-state index < -0.39 is 11.9 Å². The lowest BCUT2D eigenvalue weighted by molar-refractivity contribution is -0.135. The van der Waals surface area contributed by atoms with Gasteiger partial charge in [-0.2, -0.15) is 5.10 Å². The zero-order valence-corrected chi connectivity index (χ0v) is 18.6. The van der Waals surface area contributed by atoms with Gasteiger partial charge in [0.05, 0.1) is 24.8 Å². The fraction of sp³-hybridized carbons (Fsp3) is 0.429. The summed E-state index contributed by atoms with van der Waals surface area (Å²) in [5, 5.41) is 10.8. The van der Waals surface area contributed by atoms with Gasteiger partial charge in [0.15, 0.2) is 5.17 Å². The summed E-state index contributed by atoms with van der Waals surface area (Å²) >= 11 is 1.03. The first-order valence-corrected chi connectivity index (χ1v) is 10.9. The molecule has 0 unspecified atom stereocenters. The summed E-state index contributed by atoms with van der Waals surface area (Å²) in [6.45, 7) is 6.26. The quantitative estimate of drug-likeness (QED) is 0.212. The van der Waals surface area contributed by atoms with Crippen molar-refractivity contribution >= 4 is 35.0 Å². The molecule has 1 aromatic carbocycles. The number of esters is 1. The molecule has 2 aliphatic heterocycles. The number of rotatable bonds is 8. The van der Waals surface area contributed by atoms with Crippen molar-refractivity contribution in [1.29, 1.82) is 0 Å². The molecule has 9 nitrogen and oxygen atoms in total. The van der Waals surface area contributed by atoms with Crippen molar-refractivity contribution < 1.29 is 19.1 Å². The highest BCUT2D eigenvalue weighted by atomic mass is 32.2. The lowest BCUT2D eigenvalue weighted by Crippen LogP contribution is -2.44. The van der Waals surface area contributed by atoms with Crippen molar-refractivity contribution in [1.82, 2.24) is 15.1 Å². The minimum absolute atomic E-state index is 0.218. The van der Waals surface area contributed by atoms with Crippen LogP contribution in [0.1, 0.15) is 12.0 Å². The zero-order valence-electron chi connectivity index (χ0n) is 17.7. The van der Waals surface area contributed by atoms with Crippen LogP contribution in [0.25, 0.3) is 0 Å². The molecule has 0 atom stereocenters. The lowest BCUT2D eigenvalue weighted by Gasteiger charge is -2.32. The van der Waals surface area contributed by atoms with E-state index in [9.17, 15) is 9.59 Å². The largest absolute Gasteiger partial charge is 0.494 e. The van der Waals surface area contributed by atoms with Crippen molar-refractivity contribution in [3.05, 3.63) is 40.8 Å². The molecular weight excluding hydrogens is 418 g/mol. The highest BCUT2D eigenvalue weighted by molar-refractivity contribution is 8.18. The number of likely N-dealkylation sites (N-methyl/N-ethyl adjacent to an activating group) is 1. The molecule has 3 rings (SSSR count). The fourth-order valence-corrected chi connectivity index (χ4v) is 3.73. The maximum atomic E-state index is 11.8. The summed E-state index contributed by atoms with van der Waals surface area (Å²) < 4.78 is 10.3. The number of amidine groups is 1. The number of piperazine rings is 1. The van der Waals surface area contributed by atoms with Gasteiger partial charge in [-0.3, -0.25) is 10.1 Å². The van der Waals surface area contributed by atoms with E-state index in [1.54, 1.807) is 6.21 Å². The Bertz CT molecular complexity index is 861. The van der Waals surface area contributed by atoms with Crippen LogP contribution in [0.3, 0.4) is 0 Å². The van der Waals surface area contributed by atoms with Crippen LogP contribution < -0.4 is 10.1 Å². The van der Waals surface area contributed by atoms with Crippen molar-refractivity contribution in [3.8, 4) is 5.75 Å². The van der Waals surface area contributed by atoms with E-state index >= 15 is 0 Å². The number of nitrogens with one attached hydrogen (secondary N) is 1. The number of carbonyl (C=O) groups is 2. The summed E-state index contributed by atoms with van der Waals surface area (Å²) in [5.41, 5.74) is 0.855. The average molecular weight is 446 g/mol. The zero-order chi connectivity index (χ0) is 22.1. The van der Waals surface area contributed by atoms with Crippen molar-refractivity contribution in [2.75, 3.05) is 53.5 Å². The van der Waals surface area contributed by atoms with Gasteiger partial charge in [-0.25, -0.2) is 4.79 Å². The maximum Gasteiger partial charge on any atom is 0.331 e. The Morgan fingerprint density at radius 1 is 1.23 bits per heavy atom. The summed E-state index contributed by atoms with van der Waals surface area (Å²) in [6.07, 6.45) is 3.70. The van der Waals surface area contributed by atoms with Gasteiger partial charge in [0.25, 0.3) is 5.91 Å². The summed E-state index contributed by atoms with van der Waals surface area (Å²) in [6, 6.07) is 7.58. The number of carbonyl (C=O) groups excluding carboxylic acids is 2. The van der Waals surface area contributed by atoms with Crippen LogP contribution in [0.4, 0.5) is 0 Å². The first-order valence-electron chi connectivity index (χ1n) is 10.1. The third-order valence-corrected chi connectivity index (χ3v) is 5.72. The fourth-order valence-electron chi connectivity index (χ4n) is 2.99. The van der Waals surface area contributed by atoms with Gasteiger partial charge in [-0.15, -0.1) is 5.10 Å². The average Bonchev–Trinajstić information content (AvgIpc) is 3.12. The monoisotopic (exact) mass is 445 g/mol. The summed E-state index contributed by atoms with van der Waals surface area (Å²) in [4.78, 5) is 28.0. The SMILES string of the molecule is COC(=O)/C=C1/S/C(=N\N=Cc2ccc(OCCCN3CCN(C)CC3)cc2)NC1=O. The van der Waals surface area contributed by atoms with E-state index in [1.165, 1.54) is 7.11 Å². The van der Waals surface area contributed by atoms with Crippen LogP contribution in [0.15, 0.2) is 45.4 Å². The van der Waals surface area contributed by atoms with Crippen LogP contribution >= 0.6 is 11.8 Å². The van der Waals surface area contributed by atoms with E-state index in [-0.39, 0.29) is 4.91 Å². The molecule has 2 saturated heterocycles. The molecule has 10 heteroatoms. The number of nitrogens with zero attached hydrogens (tertiary/aromatic N) is 4. The molecule has 0 aliphatic carbocycles. The molecule has 1 amide bonds. The number of hydrogen-bond acceptors (Lipinski definition) is 9. The van der Waals surface area contributed by atoms with E-state index in [1.807, 2.05) is 24.3 Å². The highest BCUT2D eigenvalue weighted by Gasteiger charge is 2.25. The normalized spacial score (nSPS) is 20.5. The van der Waals surface area contributed by atoms with Crippen molar-refractivity contribution in [3.63, 3.8) is 0 Å². The number of amides is 1. The van der Waals surface area contributed by atoms with Gasteiger partial charge in [-0.1, -0.05) is 0 Å². The molecule has 0 bridgehead atoms. The van der Waals surface area contributed by atoms with Crippen molar-refractivity contribution in [2.45, 2.75) is 6.42 Å². The standard InChI is InChI=1S/C21H27N5O4S/c1-25-9-11-26(12-10-25)8-3-13-30-17-6-4-16(5-7-17)15-22-24-21-23-20(28)18(31-21)14-19(27)29-2/h4-7,14-15H,3,8-13H2,1-2H3,(H,23,24,28)/b18-14+,22-15?. The van der Waals surface area contributed by atoms with Crippen LogP contribution in [-0.2, 0) is 14.3 Å². The minimum atomic E-state index is -0.593. The molecule has 2 aliphatic rings. The van der Waals surface area contributed by atoms with Gasteiger partial charge < -0.3 is 19.3 Å². The van der Waals surface area contributed by atoms with E-state index in [0.717, 1.165) is 68.3 Å². The Hall–Kier alpha value is -2.69. The predicted octanol–water partition coefficient (Wildman–Crippen LogP) is 1.31. The Morgan fingerprint density at radius 3 is 2.68 bits per heavy atom. The van der Waals surface area contributed by atoms with Gasteiger partial charge in [0.1, 0.15) is 5.75 Å². The molecule has 2 fully saturated rings. The van der Waals surface area contributed by atoms with Crippen LogP contribution in [-0.4, -0.2) is 86.5 Å². The molecular formula is C21H27N5O4S. The van der Waals surface area contributed by atoms with Gasteiger partial charge in [-0.05, 0) is 55.1 Å². The second-order valence-electron chi connectivity index (χ2n) is 7.15. The number of ether oxygens (including phenoxy) is 2. The third kappa shape index (κ3) is 7.50. The topological polar surface area (TPSA) is 95.8 Å². The van der Waals surface area contributed by atoms with Gasteiger partial charge in [0, 0.05) is 38.8 Å². The summed E-state index contributed by atoms with van der Waals surface area (Å²) in [5.74, 6) is -0.180. The predicted molar refractivity (Wildman–Crippen MR) is 121 cm³/mol. The number of hydrogen-bond donors (Lipinski definition) is 1. The van der Waals surface area contributed by atoms with Crippen LogP contribution in [0.5, 0.6) is 5.75 Å². The Kier molecular flexibility index (Phi) is 8.63. The molecule has 1 N–H and O–H groups in total. The minimum Gasteiger partial charge on any atom is -0.494 e. The summed E-state index contributed by atoms with van der Waals surface area (Å²) in [7, 11) is 3.41. The van der Waals surface area contributed by atoms with Gasteiger partial charge in [0.2, 0.25) is 0 Å². The lowest BCUT2D eigenvalue weighted by atomic mass is 10.2. The molecule has 166 valence electrons. The van der Waals surface area contributed by atoms with Gasteiger partial charge >= 0.3 is 5.97 Å². The van der Waals surface area contributed by atoms with E-state index in [2.05, 4.69) is 37.1 Å². The maximum absolute atomic E-state index is 11.8. The van der Waals surface area contributed by atoms with Crippen LogP contribution in [0.2, 0.25) is 0 Å².